The van der Waals surface area contributed by atoms with Gasteiger partial charge < -0.3 is 14.8 Å². The van der Waals surface area contributed by atoms with E-state index in [1.54, 1.807) is 12.7 Å². The van der Waals surface area contributed by atoms with Crippen LogP contribution in [0.5, 0.6) is 0 Å². The Morgan fingerprint density at radius 3 is 2.28 bits per heavy atom. The molecule has 0 amide bonds. The van der Waals surface area contributed by atoms with Crippen molar-refractivity contribution in [2.75, 3.05) is 39.8 Å². The molecule has 1 N–H and O–H groups in total. The van der Waals surface area contributed by atoms with Gasteiger partial charge in [0.15, 0.2) is 5.96 Å². The molecule has 1 aromatic heterocycles. The summed E-state index contributed by atoms with van der Waals surface area (Å²) in [5.74, 6) is 2.86. The molecule has 2 heterocycles. The molecule has 2 fully saturated rings. The second-order valence-electron chi connectivity index (χ2n) is 8.72. The Morgan fingerprint density at radius 2 is 1.69 bits per heavy atom. The summed E-state index contributed by atoms with van der Waals surface area (Å²) in [7, 11) is 1.90. The van der Waals surface area contributed by atoms with Crippen molar-refractivity contribution in [2.45, 2.75) is 65.0 Å². The van der Waals surface area contributed by atoms with Crippen molar-refractivity contribution in [1.29, 1.82) is 0 Å². The fourth-order valence-electron chi connectivity index (χ4n) is 4.72. The molecule has 0 atom stereocenters. The predicted octanol–water partition coefficient (Wildman–Crippen LogP) is 3.08. The number of aryl methyl sites for hydroxylation is 1. The fourth-order valence-corrected chi connectivity index (χ4v) is 4.72. The van der Waals surface area contributed by atoms with Crippen LogP contribution in [0.25, 0.3) is 0 Å². The van der Waals surface area contributed by atoms with Gasteiger partial charge in [-0.3, -0.25) is 9.89 Å². The Hall–Kier alpha value is -0.900. The Bertz CT molecular complexity index is 574. The van der Waals surface area contributed by atoms with Crippen molar-refractivity contribution in [1.82, 2.24) is 29.9 Å². The first-order chi connectivity index (χ1) is 13.7. The van der Waals surface area contributed by atoms with Gasteiger partial charge in [0.1, 0.15) is 12.7 Å². The molecule has 7 nitrogen and oxygen atoms in total. The summed E-state index contributed by atoms with van der Waals surface area (Å²) < 4.78 is 2.03. The lowest BCUT2D eigenvalue weighted by atomic mass is 9.79. The number of halogens is 1. The summed E-state index contributed by atoms with van der Waals surface area (Å²) in [6.07, 6.45) is 11.4. The van der Waals surface area contributed by atoms with Crippen LogP contribution in [0.15, 0.2) is 17.6 Å². The van der Waals surface area contributed by atoms with Crippen molar-refractivity contribution in [3.8, 4) is 0 Å². The summed E-state index contributed by atoms with van der Waals surface area (Å²) in [5, 5.41) is 11.2. The van der Waals surface area contributed by atoms with E-state index in [0.29, 0.717) is 0 Å². The normalized spacial score (nSPS) is 23.9. The van der Waals surface area contributed by atoms with Crippen LogP contribution in [0, 0.1) is 11.8 Å². The zero-order valence-electron chi connectivity index (χ0n) is 18.5. The maximum absolute atomic E-state index is 4.51. The number of piperazine rings is 1. The lowest BCUT2D eigenvalue weighted by molar-refractivity contribution is 0.0864. The molecule has 29 heavy (non-hydrogen) atoms. The number of nitrogens with one attached hydrogen (secondary N) is 1. The summed E-state index contributed by atoms with van der Waals surface area (Å²) in [6.45, 7) is 11.2. The highest BCUT2D eigenvalue weighted by Crippen LogP contribution is 2.32. The Balaban J connectivity index is 0.00000300. The maximum Gasteiger partial charge on any atom is 0.193 e. The Morgan fingerprint density at radius 1 is 1.03 bits per heavy atom. The second-order valence-corrected chi connectivity index (χ2v) is 8.72. The molecular weight excluding hydrogens is 477 g/mol. The van der Waals surface area contributed by atoms with Gasteiger partial charge in [0, 0.05) is 52.4 Å². The highest BCUT2D eigenvalue weighted by Gasteiger charge is 2.29. The lowest BCUT2D eigenvalue weighted by Crippen LogP contribution is -2.55. The molecule has 0 spiro atoms. The average molecular weight is 518 g/mol. The van der Waals surface area contributed by atoms with E-state index < -0.39 is 0 Å². The van der Waals surface area contributed by atoms with Crippen molar-refractivity contribution in [2.24, 2.45) is 16.8 Å². The van der Waals surface area contributed by atoms with Gasteiger partial charge in [0.05, 0.1) is 0 Å². The van der Waals surface area contributed by atoms with Crippen molar-refractivity contribution < 1.29 is 0 Å². The van der Waals surface area contributed by atoms with Gasteiger partial charge in [-0.25, -0.2) is 0 Å². The minimum absolute atomic E-state index is 0. The van der Waals surface area contributed by atoms with Crippen LogP contribution >= 0.6 is 24.0 Å². The largest absolute Gasteiger partial charge is 0.356 e. The topological polar surface area (TPSA) is 61.6 Å². The summed E-state index contributed by atoms with van der Waals surface area (Å²) in [5.41, 5.74) is 0. The number of rotatable bonds is 7. The van der Waals surface area contributed by atoms with Gasteiger partial charge in [0.25, 0.3) is 0 Å². The van der Waals surface area contributed by atoms with Gasteiger partial charge in [-0.1, -0.05) is 13.8 Å². The molecule has 1 aliphatic heterocycles. The Labute approximate surface area is 193 Å². The van der Waals surface area contributed by atoms with Crippen LogP contribution in [0.1, 0.15) is 52.4 Å². The standard InChI is InChI=1S/C21H39N7.HI/c1-18(2)19-6-8-20(9-7-19)27-12-14-28(15-13-27)21(22-3)23-10-4-5-11-26-16-24-25-17-26;/h16-20H,4-15H2,1-3H3,(H,22,23);1H. The van der Waals surface area contributed by atoms with Crippen LogP contribution in [0.3, 0.4) is 0 Å². The molecule has 1 aromatic rings. The third kappa shape index (κ3) is 7.38. The number of aliphatic imine (C=N–C) groups is 1. The summed E-state index contributed by atoms with van der Waals surface area (Å²) in [4.78, 5) is 9.68. The van der Waals surface area contributed by atoms with Crippen LogP contribution in [-0.4, -0.2) is 76.3 Å². The van der Waals surface area contributed by atoms with Gasteiger partial charge >= 0.3 is 0 Å². The van der Waals surface area contributed by atoms with E-state index in [9.17, 15) is 0 Å². The molecule has 0 bridgehead atoms. The second kappa shape index (κ2) is 12.7. The van der Waals surface area contributed by atoms with E-state index >= 15 is 0 Å². The third-order valence-corrected chi connectivity index (χ3v) is 6.62. The van der Waals surface area contributed by atoms with E-state index in [1.165, 1.54) is 38.8 Å². The van der Waals surface area contributed by atoms with Gasteiger partial charge in [-0.05, 0) is 50.4 Å². The minimum atomic E-state index is 0. The highest BCUT2D eigenvalue weighted by molar-refractivity contribution is 14.0. The first-order valence-electron chi connectivity index (χ1n) is 11.2. The first-order valence-corrected chi connectivity index (χ1v) is 11.2. The molecule has 8 heteroatoms. The maximum atomic E-state index is 4.51. The Kier molecular flexibility index (Phi) is 10.7. The smallest absolute Gasteiger partial charge is 0.193 e. The van der Waals surface area contributed by atoms with Crippen molar-refractivity contribution in [3.05, 3.63) is 12.7 Å². The van der Waals surface area contributed by atoms with E-state index in [-0.39, 0.29) is 24.0 Å². The van der Waals surface area contributed by atoms with Crippen molar-refractivity contribution in [3.63, 3.8) is 0 Å². The summed E-state index contributed by atoms with van der Waals surface area (Å²) in [6, 6.07) is 0.810. The van der Waals surface area contributed by atoms with Crippen LogP contribution in [0.2, 0.25) is 0 Å². The molecule has 0 aromatic carbocycles. The van der Waals surface area contributed by atoms with E-state index in [2.05, 4.69) is 44.2 Å². The van der Waals surface area contributed by atoms with Gasteiger partial charge in [-0.2, -0.15) is 0 Å². The van der Waals surface area contributed by atoms with Gasteiger partial charge in [0.2, 0.25) is 0 Å². The minimum Gasteiger partial charge on any atom is -0.356 e. The number of aromatic nitrogens is 3. The number of hydrogen-bond donors (Lipinski definition) is 1. The SMILES string of the molecule is CN=C(NCCCCn1cnnc1)N1CCN(C2CCC(C(C)C)CC2)CC1.I. The number of unbranched alkanes of at least 4 members (excludes halogenated alkanes) is 1. The van der Waals surface area contributed by atoms with Gasteiger partial charge in [-0.15, -0.1) is 34.2 Å². The fraction of sp³-hybridized carbons (Fsp3) is 0.857. The lowest BCUT2D eigenvalue weighted by Gasteiger charge is -2.43. The van der Waals surface area contributed by atoms with Crippen LogP contribution < -0.4 is 5.32 Å². The zero-order chi connectivity index (χ0) is 19.8. The average Bonchev–Trinajstić information content (AvgIpc) is 3.24. The molecule has 3 rings (SSSR count). The third-order valence-electron chi connectivity index (χ3n) is 6.62. The van der Waals surface area contributed by atoms with E-state index in [4.69, 9.17) is 0 Å². The first kappa shape index (κ1) is 24.4. The predicted molar refractivity (Wildman–Crippen MR) is 130 cm³/mol. The zero-order valence-corrected chi connectivity index (χ0v) is 20.8. The van der Waals surface area contributed by atoms with E-state index in [1.807, 2.05) is 11.6 Å². The number of guanidine groups is 1. The molecule has 1 aliphatic carbocycles. The molecule has 1 saturated carbocycles. The monoisotopic (exact) mass is 517 g/mol. The number of nitrogens with zero attached hydrogens (tertiary/aromatic N) is 6. The van der Waals surface area contributed by atoms with Crippen LogP contribution in [-0.2, 0) is 6.54 Å². The molecule has 166 valence electrons. The number of hydrogen-bond acceptors (Lipinski definition) is 4. The van der Waals surface area contributed by atoms with Crippen LogP contribution in [0.4, 0.5) is 0 Å². The highest BCUT2D eigenvalue weighted by atomic mass is 127. The molecule has 1 saturated heterocycles. The summed E-state index contributed by atoms with van der Waals surface area (Å²) >= 11 is 0. The molecule has 0 radical (unpaired) electrons. The van der Waals surface area contributed by atoms with Crippen molar-refractivity contribution >= 4 is 29.9 Å². The molecular formula is C21H40IN7. The molecule has 0 unspecified atom stereocenters. The molecule has 2 aliphatic rings. The quantitative estimate of drug-likeness (QED) is 0.261. The van der Waals surface area contributed by atoms with E-state index in [0.717, 1.165) is 62.9 Å².